The number of carbonyl (C=O) groups is 1. The average Bonchev–Trinajstić information content (AvgIpc) is 2.89. The number of amides is 1. The van der Waals surface area contributed by atoms with Crippen LogP contribution in [0.25, 0.3) is 0 Å². The van der Waals surface area contributed by atoms with Crippen LogP contribution in [0.5, 0.6) is 0 Å². The first-order chi connectivity index (χ1) is 9.97. The number of benzene rings is 1. The van der Waals surface area contributed by atoms with Crippen molar-refractivity contribution in [3.05, 3.63) is 39.7 Å². The van der Waals surface area contributed by atoms with E-state index in [0.29, 0.717) is 13.1 Å². The van der Waals surface area contributed by atoms with Crippen molar-refractivity contribution in [1.82, 2.24) is 4.90 Å². The van der Waals surface area contributed by atoms with Gasteiger partial charge in [-0.05, 0) is 12.1 Å². The van der Waals surface area contributed by atoms with Gasteiger partial charge in [-0.25, -0.2) is 0 Å². The van der Waals surface area contributed by atoms with Crippen molar-refractivity contribution in [3.63, 3.8) is 0 Å². The maximum atomic E-state index is 13.6. The van der Waals surface area contributed by atoms with E-state index < -0.39 is 22.3 Å². The van der Waals surface area contributed by atoms with Gasteiger partial charge in [-0.3, -0.25) is 14.9 Å². The lowest BCUT2D eigenvalue weighted by Gasteiger charge is -2.15. The Morgan fingerprint density at radius 2 is 1.90 bits per heavy atom. The van der Waals surface area contributed by atoms with Gasteiger partial charge >= 0.3 is 5.69 Å². The molecular formula is C13H15FN2O5. The molecule has 0 spiro atoms. The molecule has 21 heavy (non-hydrogen) atoms. The molecule has 0 N–H and O–H groups in total. The fraction of sp³-hybridized carbons (Fsp3) is 0.462. The highest BCUT2D eigenvalue weighted by molar-refractivity contribution is 5.94. The summed E-state index contributed by atoms with van der Waals surface area (Å²) in [5.41, 5.74) is -0.595. The van der Waals surface area contributed by atoms with Crippen molar-refractivity contribution in [2.75, 3.05) is 27.3 Å². The van der Waals surface area contributed by atoms with Crippen LogP contribution in [0.4, 0.5) is 10.1 Å². The van der Waals surface area contributed by atoms with Gasteiger partial charge in [0.1, 0.15) is 12.2 Å². The van der Waals surface area contributed by atoms with Crippen molar-refractivity contribution < 1.29 is 23.6 Å². The highest BCUT2D eigenvalue weighted by Crippen LogP contribution is 2.22. The summed E-state index contributed by atoms with van der Waals surface area (Å²) in [6, 6.07) is 3.11. The third-order valence-corrected chi connectivity index (χ3v) is 3.50. The highest BCUT2D eigenvalue weighted by Gasteiger charge is 2.36. The minimum Gasteiger partial charge on any atom is -0.377 e. The fourth-order valence-electron chi connectivity index (χ4n) is 2.33. The van der Waals surface area contributed by atoms with Gasteiger partial charge in [-0.1, -0.05) is 0 Å². The Hall–Kier alpha value is -2.06. The lowest BCUT2D eigenvalue weighted by molar-refractivity contribution is -0.387. The van der Waals surface area contributed by atoms with E-state index in [1.807, 2.05) is 0 Å². The summed E-state index contributed by atoms with van der Waals surface area (Å²) < 4.78 is 24.0. The third kappa shape index (κ3) is 3.01. The van der Waals surface area contributed by atoms with Gasteiger partial charge < -0.3 is 14.4 Å². The molecule has 0 radical (unpaired) electrons. The van der Waals surface area contributed by atoms with Crippen LogP contribution in [0.2, 0.25) is 0 Å². The van der Waals surface area contributed by atoms with Crippen LogP contribution >= 0.6 is 0 Å². The van der Waals surface area contributed by atoms with Crippen LogP contribution in [-0.2, 0) is 9.47 Å². The number of hydrogen-bond donors (Lipinski definition) is 0. The SMILES string of the molecule is COC1CN(C(=O)c2ccc([N+](=O)[O-])c(F)c2)CC1OC. The van der Waals surface area contributed by atoms with E-state index in [9.17, 15) is 19.3 Å². The first-order valence-electron chi connectivity index (χ1n) is 6.26. The van der Waals surface area contributed by atoms with Crippen LogP contribution in [0, 0.1) is 15.9 Å². The summed E-state index contributed by atoms with van der Waals surface area (Å²) in [6.45, 7) is 0.652. The Bertz CT molecular complexity index is 553. The van der Waals surface area contributed by atoms with Gasteiger partial charge in [0, 0.05) is 38.9 Å². The highest BCUT2D eigenvalue weighted by atomic mass is 19.1. The van der Waals surface area contributed by atoms with Crippen LogP contribution in [-0.4, -0.2) is 55.2 Å². The van der Waals surface area contributed by atoms with Crippen molar-refractivity contribution in [1.29, 1.82) is 0 Å². The van der Waals surface area contributed by atoms with Crippen molar-refractivity contribution in [2.24, 2.45) is 0 Å². The first-order valence-corrected chi connectivity index (χ1v) is 6.26. The number of halogens is 1. The molecule has 0 aliphatic carbocycles. The van der Waals surface area contributed by atoms with E-state index in [4.69, 9.17) is 9.47 Å². The number of hydrogen-bond acceptors (Lipinski definition) is 5. The van der Waals surface area contributed by atoms with Crippen LogP contribution < -0.4 is 0 Å². The standard InChI is InChI=1S/C13H15FN2O5/c1-20-11-6-15(7-12(11)21-2)13(17)8-3-4-10(16(18)19)9(14)5-8/h3-5,11-12H,6-7H2,1-2H3. The normalized spacial score (nSPS) is 21.6. The van der Waals surface area contributed by atoms with Gasteiger partial charge in [-0.2, -0.15) is 4.39 Å². The zero-order chi connectivity index (χ0) is 15.6. The minimum absolute atomic E-state index is 0.0599. The Morgan fingerprint density at radius 1 is 1.33 bits per heavy atom. The second-order valence-corrected chi connectivity index (χ2v) is 4.68. The third-order valence-electron chi connectivity index (χ3n) is 3.50. The molecule has 8 heteroatoms. The van der Waals surface area contributed by atoms with Crippen molar-refractivity contribution >= 4 is 11.6 Å². The molecule has 1 amide bonds. The van der Waals surface area contributed by atoms with E-state index in [0.717, 1.165) is 12.1 Å². The topological polar surface area (TPSA) is 81.9 Å². The maximum Gasteiger partial charge on any atom is 0.304 e. The number of carbonyl (C=O) groups excluding carboxylic acids is 1. The second kappa shape index (κ2) is 6.15. The minimum atomic E-state index is -1.03. The number of nitro benzene ring substituents is 1. The van der Waals surface area contributed by atoms with E-state index in [-0.39, 0.29) is 17.8 Å². The molecule has 1 heterocycles. The van der Waals surface area contributed by atoms with Crippen molar-refractivity contribution in [2.45, 2.75) is 12.2 Å². The molecule has 2 unspecified atom stereocenters. The Balaban J connectivity index is 2.18. The Morgan fingerprint density at radius 3 is 2.33 bits per heavy atom. The van der Waals surface area contributed by atoms with Gasteiger partial charge in [-0.15, -0.1) is 0 Å². The Kier molecular flexibility index (Phi) is 4.49. The summed E-state index contributed by atoms with van der Waals surface area (Å²) in [4.78, 5) is 23.5. The molecule has 1 fully saturated rings. The van der Waals surface area contributed by atoms with Crippen LogP contribution in [0.15, 0.2) is 18.2 Å². The molecule has 7 nitrogen and oxygen atoms in total. The summed E-state index contributed by atoms with van der Waals surface area (Å²) in [6.07, 6.45) is -0.497. The van der Waals surface area contributed by atoms with Gasteiger partial charge in [0.05, 0.1) is 4.92 Å². The summed E-state index contributed by atoms with van der Waals surface area (Å²) in [7, 11) is 3.05. The molecular weight excluding hydrogens is 283 g/mol. The van der Waals surface area contributed by atoms with Crippen LogP contribution in [0.1, 0.15) is 10.4 Å². The molecule has 1 aromatic carbocycles. The predicted octanol–water partition coefficient (Wildman–Crippen LogP) is 1.22. The number of rotatable bonds is 4. The lowest BCUT2D eigenvalue weighted by atomic mass is 10.1. The second-order valence-electron chi connectivity index (χ2n) is 4.68. The largest absolute Gasteiger partial charge is 0.377 e. The average molecular weight is 298 g/mol. The Labute approximate surface area is 120 Å². The molecule has 0 saturated carbocycles. The quantitative estimate of drug-likeness (QED) is 0.616. The van der Waals surface area contributed by atoms with E-state index in [2.05, 4.69) is 0 Å². The van der Waals surface area contributed by atoms with E-state index >= 15 is 0 Å². The smallest absolute Gasteiger partial charge is 0.304 e. The van der Waals surface area contributed by atoms with Crippen LogP contribution in [0.3, 0.4) is 0 Å². The fourth-order valence-corrected chi connectivity index (χ4v) is 2.33. The zero-order valence-electron chi connectivity index (χ0n) is 11.6. The molecule has 1 aliphatic rings. The number of methoxy groups -OCH3 is 2. The summed E-state index contributed by atoms with van der Waals surface area (Å²) in [5.74, 6) is -1.44. The molecule has 114 valence electrons. The molecule has 1 aliphatic heterocycles. The van der Waals surface area contributed by atoms with Crippen molar-refractivity contribution in [3.8, 4) is 0 Å². The molecule has 0 bridgehead atoms. The number of nitrogens with zero attached hydrogens (tertiary/aromatic N) is 2. The van der Waals surface area contributed by atoms with Gasteiger partial charge in [0.25, 0.3) is 5.91 Å². The molecule has 0 aromatic heterocycles. The zero-order valence-corrected chi connectivity index (χ0v) is 11.6. The monoisotopic (exact) mass is 298 g/mol. The van der Waals surface area contributed by atoms with Gasteiger partial charge in [0.2, 0.25) is 5.82 Å². The van der Waals surface area contributed by atoms with E-state index in [1.165, 1.54) is 25.2 Å². The number of likely N-dealkylation sites (tertiary alicyclic amines) is 1. The summed E-state index contributed by atoms with van der Waals surface area (Å²) in [5, 5.41) is 10.6. The summed E-state index contributed by atoms with van der Waals surface area (Å²) >= 11 is 0. The molecule has 2 atom stereocenters. The first kappa shape index (κ1) is 15.3. The lowest BCUT2D eigenvalue weighted by Crippen LogP contribution is -2.30. The predicted molar refractivity (Wildman–Crippen MR) is 70.6 cm³/mol. The number of ether oxygens (including phenoxy) is 2. The number of nitro groups is 1. The molecule has 1 saturated heterocycles. The molecule has 1 aromatic rings. The maximum absolute atomic E-state index is 13.6. The van der Waals surface area contributed by atoms with Gasteiger partial charge in [0.15, 0.2) is 0 Å². The van der Waals surface area contributed by atoms with E-state index in [1.54, 1.807) is 0 Å². The molecule has 2 rings (SSSR count).